The minimum Gasteiger partial charge on any atom is -0.494 e. The fraction of sp³-hybridized carbons (Fsp3) is 0.368. The number of benzene rings is 1. The van der Waals surface area contributed by atoms with Crippen LogP contribution in [0.5, 0.6) is 5.75 Å². The molecule has 5 nitrogen and oxygen atoms in total. The molecule has 6 heteroatoms. The zero-order chi connectivity index (χ0) is 18.4. The van der Waals surface area contributed by atoms with Crippen LogP contribution in [0, 0.1) is 13.8 Å². The Hall–Kier alpha value is -2.34. The summed E-state index contributed by atoms with van der Waals surface area (Å²) in [6.45, 7) is 6.54. The van der Waals surface area contributed by atoms with Gasteiger partial charge in [-0.3, -0.25) is 9.59 Å². The van der Waals surface area contributed by atoms with E-state index in [1.807, 2.05) is 13.8 Å². The van der Waals surface area contributed by atoms with Gasteiger partial charge in [-0.15, -0.1) is 11.3 Å². The normalized spacial score (nSPS) is 10.5. The number of nitrogens with two attached hydrogens (primary N) is 1. The molecule has 0 saturated carbocycles. The maximum Gasteiger partial charge on any atom is 0.256 e. The molecule has 0 aliphatic rings. The Morgan fingerprint density at radius 1 is 1.16 bits per heavy atom. The maximum absolute atomic E-state index is 12.4. The molecule has 1 heterocycles. The number of carbonyl (C=O) groups is 2. The number of rotatable bonds is 8. The van der Waals surface area contributed by atoms with Crippen molar-refractivity contribution in [1.29, 1.82) is 0 Å². The minimum absolute atomic E-state index is 0.277. The lowest BCUT2D eigenvalue weighted by atomic mass is 10.1. The summed E-state index contributed by atoms with van der Waals surface area (Å²) in [5.41, 5.74) is 7.12. The zero-order valence-electron chi connectivity index (χ0n) is 14.8. The van der Waals surface area contributed by atoms with E-state index in [0.29, 0.717) is 22.7 Å². The van der Waals surface area contributed by atoms with E-state index in [9.17, 15) is 9.59 Å². The van der Waals surface area contributed by atoms with E-state index < -0.39 is 5.91 Å². The molecule has 0 unspecified atom stereocenters. The topological polar surface area (TPSA) is 81.4 Å². The Balaban J connectivity index is 2.04. The van der Waals surface area contributed by atoms with Gasteiger partial charge < -0.3 is 15.8 Å². The standard InChI is InChI=1S/C19H24N2O3S/c1-4-5-6-11-24-15-9-7-14(8-10-15)18(23)21-19-16(17(20)22)12(2)13(3)25-19/h7-10H,4-6,11H2,1-3H3,(H2,20,22)(H,21,23). The van der Waals surface area contributed by atoms with Gasteiger partial charge in [-0.2, -0.15) is 0 Å². The van der Waals surface area contributed by atoms with Gasteiger partial charge >= 0.3 is 0 Å². The smallest absolute Gasteiger partial charge is 0.256 e. The van der Waals surface area contributed by atoms with Crippen LogP contribution in [0.25, 0.3) is 0 Å². The second kappa shape index (κ2) is 8.67. The van der Waals surface area contributed by atoms with Crippen molar-refractivity contribution in [2.75, 3.05) is 11.9 Å². The molecule has 2 aromatic rings. The SMILES string of the molecule is CCCCCOc1ccc(C(=O)Nc2sc(C)c(C)c2C(N)=O)cc1. The lowest BCUT2D eigenvalue weighted by Crippen LogP contribution is -2.17. The summed E-state index contributed by atoms with van der Waals surface area (Å²) in [6.07, 6.45) is 3.31. The number of hydrogen-bond donors (Lipinski definition) is 2. The first-order chi connectivity index (χ1) is 11.9. The molecule has 0 bridgehead atoms. The summed E-state index contributed by atoms with van der Waals surface area (Å²) in [7, 11) is 0. The average Bonchev–Trinajstić information content (AvgIpc) is 2.86. The third-order valence-electron chi connectivity index (χ3n) is 3.99. The second-order valence-corrected chi connectivity index (χ2v) is 7.11. The number of aryl methyl sites for hydroxylation is 1. The number of hydrogen-bond acceptors (Lipinski definition) is 4. The first-order valence-corrected chi connectivity index (χ1v) is 9.19. The van der Waals surface area contributed by atoms with E-state index in [-0.39, 0.29) is 5.91 Å². The molecule has 0 aliphatic heterocycles. The summed E-state index contributed by atoms with van der Waals surface area (Å²) in [6, 6.07) is 6.98. The highest BCUT2D eigenvalue weighted by Gasteiger charge is 2.19. The van der Waals surface area contributed by atoms with Crippen molar-refractivity contribution >= 4 is 28.2 Å². The molecule has 1 aromatic heterocycles. The van der Waals surface area contributed by atoms with Crippen molar-refractivity contribution in [2.45, 2.75) is 40.0 Å². The Morgan fingerprint density at radius 3 is 2.44 bits per heavy atom. The maximum atomic E-state index is 12.4. The lowest BCUT2D eigenvalue weighted by molar-refractivity contribution is 0.100. The van der Waals surface area contributed by atoms with Crippen molar-refractivity contribution in [1.82, 2.24) is 0 Å². The number of primary amides is 1. The zero-order valence-corrected chi connectivity index (χ0v) is 15.7. The Morgan fingerprint density at radius 2 is 1.84 bits per heavy atom. The molecule has 3 N–H and O–H groups in total. The summed E-state index contributed by atoms with van der Waals surface area (Å²) >= 11 is 1.35. The monoisotopic (exact) mass is 360 g/mol. The van der Waals surface area contributed by atoms with Crippen molar-refractivity contribution in [3.8, 4) is 5.75 Å². The molecule has 25 heavy (non-hydrogen) atoms. The molecule has 0 radical (unpaired) electrons. The van der Waals surface area contributed by atoms with Gasteiger partial charge in [-0.1, -0.05) is 19.8 Å². The van der Waals surface area contributed by atoms with E-state index in [2.05, 4.69) is 12.2 Å². The number of nitrogens with one attached hydrogen (secondary N) is 1. The molecular weight excluding hydrogens is 336 g/mol. The second-order valence-electron chi connectivity index (χ2n) is 5.89. The van der Waals surface area contributed by atoms with Crippen LogP contribution < -0.4 is 15.8 Å². The minimum atomic E-state index is -0.534. The summed E-state index contributed by atoms with van der Waals surface area (Å²) < 4.78 is 5.64. The Kier molecular flexibility index (Phi) is 6.58. The quantitative estimate of drug-likeness (QED) is 0.689. The fourth-order valence-electron chi connectivity index (χ4n) is 2.43. The largest absolute Gasteiger partial charge is 0.494 e. The molecule has 0 atom stereocenters. The average molecular weight is 360 g/mol. The van der Waals surface area contributed by atoms with Gasteiger partial charge in [0.25, 0.3) is 11.8 Å². The third-order valence-corrected chi connectivity index (χ3v) is 5.11. The van der Waals surface area contributed by atoms with E-state index in [1.165, 1.54) is 11.3 Å². The molecule has 0 saturated heterocycles. The van der Waals surface area contributed by atoms with Gasteiger partial charge in [-0.05, 0) is 50.1 Å². The Bertz CT molecular complexity index is 751. The molecule has 1 aromatic carbocycles. The molecule has 2 rings (SSSR count). The highest BCUT2D eigenvalue weighted by molar-refractivity contribution is 7.16. The fourth-order valence-corrected chi connectivity index (χ4v) is 3.49. The van der Waals surface area contributed by atoms with Gasteiger partial charge in [0.15, 0.2) is 0 Å². The van der Waals surface area contributed by atoms with E-state index in [4.69, 9.17) is 10.5 Å². The van der Waals surface area contributed by atoms with Crippen LogP contribution in [0.15, 0.2) is 24.3 Å². The van der Waals surface area contributed by atoms with Crippen LogP contribution in [-0.4, -0.2) is 18.4 Å². The van der Waals surface area contributed by atoms with E-state index in [1.54, 1.807) is 24.3 Å². The predicted octanol–water partition coefficient (Wildman–Crippen LogP) is 4.29. The molecule has 134 valence electrons. The highest BCUT2D eigenvalue weighted by Crippen LogP contribution is 2.32. The number of unbranched alkanes of at least 4 members (excludes halogenated alkanes) is 2. The molecular formula is C19H24N2O3S. The Labute approximate surface area is 152 Å². The predicted molar refractivity (Wildman–Crippen MR) is 102 cm³/mol. The van der Waals surface area contributed by atoms with Crippen molar-refractivity contribution < 1.29 is 14.3 Å². The third kappa shape index (κ3) is 4.82. The number of carbonyl (C=O) groups excluding carboxylic acids is 2. The van der Waals surface area contributed by atoms with Gasteiger partial charge in [0.1, 0.15) is 10.8 Å². The summed E-state index contributed by atoms with van der Waals surface area (Å²) in [5, 5.41) is 3.28. The van der Waals surface area contributed by atoms with Crippen molar-refractivity contribution in [3.63, 3.8) is 0 Å². The number of thiophene rings is 1. The van der Waals surface area contributed by atoms with Crippen LogP contribution in [0.4, 0.5) is 5.00 Å². The molecule has 2 amide bonds. The van der Waals surface area contributed by atoms with Crippen LogP contribution in [0.3, 0.4) is 0 Å². The summed E-state index contributed by atoms with van der Waals surface area (Å²) in [4.78, 5) is 25.0. The molecule has 0 spiro atoms. The van der Waals surface area contributed by atoms with Crippen molar-refractivity contribution in [2.24, 2.45) is 5.73 Å². The van der Waals surface area contributed by atoms with E-state index in [0.717, 1.165) is 35.5 Å². The molecule has 0 aliphatic carbocycles. The molecule has 0 fully saturated rings. The van der Waals surface area contributed by atoms with Gasteiger partial charge in [0.2, 0.25) is 0 Å². The van der Waals surface area contributed by atoms with E-state index >= 15 is 0 Å². The summed E-state index contributed by atoms with van der Waals surface area (Å²) in [5.74, 6) is -0.0671. The van der Waals surface area contributed by atoms with Gasteiger partial charge in [-0.25, -0.2) is 0 Å². The lowest BCUT2D eigenvalue weighted by Gasteiger charge is -2.08. The van der Waals surface area contributed by atoms with Crippen LogP contribution in [0.2, 0.25) is 0 Å². The number of ether oxygens (including phenoxy) is 1. The number of amides is 2. The first-order valence-electron chi connectivity index (χ1n) is 8.38. The van der Waals surface area contributed by atoms with Crippen LogP contribution >= 0.6 is 11.3 Å². The van der Waals surface area contributed by atoms with Gasteiger partial charge in [0.05, 0.1) is 12.2 Å². The van der Waals surface area contributed by atoms with Gasteiger partial charge in [0, 0.05) is 10.4 Å². The van der Waals surface area contributed by atoms with Crippen molar-refractivity contribution in [3.05, 3.63) is 45.8 Å². The number of anilines is 1. The highest BCUT2D eigenvalue weighted by atomic mass is 32.1. The van der Waals surface area contributed by atoms with Crippen LogP contribution in [0.1, 0.15) is 57.3 Å². The first kappa shape index (κ1) is 19.0. The van der Waals surface area contributed by atoms with Crippen LogP contribution in [-0.2, 0) is 0 Å².